The largest absolute Gasteiger partial charge is 0.235 e. The fraction of sp³-hybridized carbons (Fsp3) is 0. The Morgan fingerprint density at radius 2 is 1.85 bits per heavy atom. The monoisotopic (exact) mass is 175 g/mol. The molecular weight excluding hydrogens is 169 g/mol. The van der Waals surface area contributed by atoms with Gasteiger partial charge in [-0.2, -0.15) is 14.5 Å². The van der Waals surface area contributed by atoms with Gasteiger partial charge in [0.25, 0.3) is 0 Å². The molecule has 2 aromatic rings. The van der Waals surface area contributed by atoms with Crippen LogP contribution in [-0.4, -0.2) is 15.2 Å². The molecule has 0 N–H and O–H groups in total. The third-order valence-electron chi connectivity index (χ3n) is 1.56. The van der Waals surface area contributed by atoms with E-state index in [1.807, 2.05) is 18.2 Å². The maximum atomic E-state index is 12.6. The molecule has 2 rings (SSSR count). The zero-order valence-corrected chi connectivity index (χ0v) is 6.68. The number of aromatic nitrogens is 3. The second-order valence-electron chi connectivity index (χ2n) is 2.47. The minimum atomic E-state index is -0.617. The Kier molecular flexibility index (Phi) is 1.96. The van der Waals surface area contributed by atoms with Gasteiger partial charge in [0.15, 0.2) is 5.82 Å². The standard InChI is InChI=1S/C9H6FN3/c10-8-6-11-13-9(12-8)7-4-2-1-3-5-7/h1-6H. The second-order valence-corrected chi connectivity index (χ2v) is 2.47. The first kappa shape index (κ1) is 7.79. The van der Waals surface area contributed by atoms with Crippen molar-refractivity contribution in [1.29, 1.82) is 0 Å². The van der Waals surface area contributed by atoms with Crippen molar-refractivity contribution in [3.05, 3.63) is 42.5 Å². The van der Waals surface area contributed by atoms with Crippen LogP contribution in [0.25, 0.3) is 11.4 Å². The van der Waals surface area contributed by atoms with E-state index in [1.54, 1.807) is 12.1 Å². The molecule has 0 aliphatic heterocycles. The van der Waals surface area contributed by atoms with Gasteiger partial charge >= 0.3 is 0 Å². The number of hydrogen-bond donors (Lipinski definition) is 0. The van der Waals surface area contributed by atoms with Crippen molar-refractivity contribution in [2.75, 3.05) is 0 Å². The number of nitrogens with zero attached hydrogens (tertiary/aromatic N) is 3. The molecule has 0 saturated carbocycles. The maximum Gasteiger partial charge on any atom is 0.235 e. The van der Waals surface area contributed by atoms with Gasteiger partial charge < -0.3 is 0 Å². The molecule has 1 heterocycles. The first-order valence-electron chi connectivity index (χ1n) is 3.77. The Labute approximate surface area is 74.3 Å². The van der Waals surface area contributed by atoms with Crippen molar-refractivity contribution in [2.45, 2.75) is 0 Å². The Hall–Kier alpha value is -1.84. The minimum Gasteiger partial charge on any atom is -0.196 e. The lowest BCUT2D eigenvalue weighted by atomic mass is 10.2. The highest BCUT2D eigenvalue weighted by Crippen LogP contribution is 2.11. The lowest BCUT2D eigenvalue weighted by Gasteiger charge is -1.96. The van der Waals surface area contributed by atoms with Crippen LogP contribution in [0.15, 0.2) is 36.5 Å². The van der Waals surface area contributed by atoms with Gasteiger partial charge in [-0.3, -0.25) is 0 Å². The van der Waals surface area contributed by atoms with E-state index in [1.165, 1.54) is 0 Å². The lowest BCUT2D eigenvalue weighted by Crippen LogP contribution is -1.94. The van der Waals surface area contributed by atoms with E-state index in [0.29, 0.717) is 5.82 Å². The van der Waals surface area contributed by atoms with Crippen LogP contribution in [0.5, 0.6) is 0 Å². The van der Waals surface area contributed by atoms with Crippen LogP contribution >= 0.6 is 0 Å². The summed E-state index contributed by atoms with van der Waals surface area (Å²) >= 11 is 0. The van der Waals surface area contributed by atoms with Gasteiger partial charge in [0.2, 0.25) is 5.95 Å². The Bertz CT molecular complexity index is 403. The Morgan fingerprint density at radius 3 is 2.54 bits per heavy atom. The average Bonchev–Trinajstić information content (AvgIpc) is 2.19. The van der Waals surface area contributed by atoms with E-state index in [-0.39, 0.29) is 0 Å². The number of rotatable bonds is 1. The average molecular weight is 175 g/mol. The molecule has 0 atom stereocenters. The number of hydrogen-bond acceptors (Lipinski definition) is 3. The highest BCUT2D eigenvalue weighted by molar-refractivity contribution is 5.53. The number of benzene rings is 1. The molecule has 0 fully saturated rings. The molecule has 0 saturated heterocycles. The van der Waals surface area contributed by atoms with E-state index >= 15 is 0 Å². The van der Waals surface area contributed by atoms with Crippen LogP contribution in [0.4, 0.5) is 4.39 Å². The Morgan fingerprint density at radius 1 is 1.08 bits per heavy atom. The molecule has 0 unspecified atom stereocenters. The first-order chi connectivity index (χ1) is 6.36. The van der Waals surface area contributed by atoms with Crippen molar-refractivity contribution < 1.29 is 4.39 Å². The molecule has 0 bridgehead atoms. The van der Waals surface area contributed by atoms with Crippen LogP contribution in [0.1, 0.15) is 0 Å². The molecule has 0 spiro atoms. The summed E-state index contributed by atoms with van der Waals surface area (Å²) in [5, 5.41) is 7.18. The molecule has 13 heavy (non-hydrogen) atoms. The molecule has 1 aromatic carbocycles. The van der Waals surface area contributed by atoms with Crippen molar-refractivity contribution in [2.24, 2.45) is 0 Å². The van der Waals surface area contributed by atoms with Crippen LogP contribution in [-0.2, 0) is 0 Å². The predicted molar refractivity (Wildman–Crippen MR) is 45.2 cm³/mol. The van der Waals surface area contributed by atoms with Crippen molar-refractivity contribution in [3.8, 4) is 11.4 Å². The van der Waals surface area contributed by atoms with E-state index in [2.05, 4.69) is 15.2 Å². The fourth-order valence-corrected chi connectivity index (χ4v) is 0.993. The van der Waals surface area contributed by atoms with E-state index in [4.69, 9.17) is 0 Å². The lowest BCUT2D eigenvalue weighted by molar-refractivity contribution is 0.569. The summed E-state index contributed by atoms with van der Waals surface area (Å²) in [4.78, 5) is 3.60. The third kappa shape index (κ3) is 1.66. The van der Waals surface area contributed by atoms with E-state index < -0.39 is 5.95 Å². The predicted octanol–water partition coefficient (Wildman–Crippen LogP) is 1.68. The Balaban J connectivity index is 2.48. The quantitative estimate of drug-likeness (QED) is 0.661. The van der Waals surface area contributed by atoms with Gasteiger partial charge in [0.05, 0.1) is 0 Å². The normalized spacial score (nSPS) is 9.92. The van der Waals surface area contributed by atoms with Crippen LogP contribution in [0.3, 0.4) is 0 Å². The maximum absolute atomic E-state index is 12.6. The molecule has 4 heteroatoms. The summed E-state index contributed by atoms with van der Waals surface area (Å²) in [6, 6.07) is 9.15. The van der Waals surface area contributed by atoms with Gasteiger partial charge in [-0.05, 0) is 0 Å². The molecule has 3 nitrogen and oxygen atoms in total. The van der Waals surface area contributed by atoms with Gasteiger partial charge in [0.1, 0.15) is 6.20 Å². The SMILES string of the molecule is Fc1cnnc(-c2ccccc2)n1. The molecular formula is C9H6FN3. The van der Waals surface area contributed by atoms with Gasteiger partial charge in [-0.1, -0.05) is 30.3 Å². The summed E-state index contributed by atoms with van der Waals surface area (Å²) in [5.74, 6) is -0.311. The van der Waals surface area contributed by atoms with E-state index in [0.717, 1.165) is 11.8 Å². The van der Waals surface area contributed by atoms with Crippen molar-refractivity contribution in [1.82, 2.24) is 15.2 Å². The summed E-state index contributed by atoms with van der Waals surface area (Å²) in [6.07, 6.45) is 0.979. The summed E-state index contributed by atoms with van der Waals surface area (Å²) < 4.78 is 12.6. The second kappa shape index (κ2) is 3.26. The van der Waals surface area contributed by atoms with Crippen molar-refractivity contribution >= 4 is 0 Å². The fourth-order valence-electron chi connectivity index (χ4n) is 0.993. The molecule has 0 radical (unpaired) electrons. The van der Waals surface area contributed by atoms with Gasteiger partial charge in [-0.15, -0.1) is 5.10 Å². The zero-order valence-electron chi connectivity index (χ0n) is 6.68. The summed E-state index contributed by atoms with van der Waals surface area (Å²) in [5.41, 5.74) is 0.759. The minimum absolute atomic E-state index is 0.306. The zero-order chi connectivity index (χ0) is 9.10. The van der Waals surface area contributed by atoms with Crippen LogP contribution in [0.2, 0.25) is 0 Å². The molecule has 1 aromatic heterocycles. The number of halogens is 1. The molecule has 0 amide bonds. The topological polar surface area (TPSA) is 38.7 Å². The first-order valence-corrected chi connectivity index (χ1v) is 3.77. The molecule has 0 aliphatic carbocycles. The van der Waals surface area contributed by atoms with Crippen LogP contribution < -0.4 is 0 Å². The molecule has 64 valence electrons. The van der Waals surface area contributed by atoms with Gasteiger partial charge in [0, 0.05) is 5.56 Å². The smallest absolute Gasteiger partial charge is 0.196 e. The summed E-state index contributed by atoms with van der Waals surface area (Å²) in [6.45, 7) is 0. The van der Waals surface area contributed by atoms with E-state index in [9.17, 15) is 4.39 Å². The highest BCUT2D eigenvalue weighted by atomic mass is 19.1. The van der Waals surface area contributed by atoms with Crippen LogP contribution in [0, 0.1) is 5.95 Å². The third-order valence-corrected chi connectivity index (χ3v) is 1.56. The van der Waals surface area contributed by atoms with Gasteiger partial charge in [-0.25, -0.2) is 0 Å². The highest BCUT2D eigenvalue weighted by Gasteiger charge is 2.01. The van der Waals surface area contributed by atoms with Crippen molar-refractivity contribution in [3.63, 3.8) is 0 Å². The summed E-state index contributed by atoms with van der Waals surface area (Å²) in [7, 11) is 0. The molecule has 0 aliphatic rings.